The minimum absolute atomic E-state index is 0.328. The van der Waals surface area contributed by atoms with Crippen molar-refractivity contribution in [3.8, 4) is 0 Å². The molecular formula is C15H18N4O3. The van der Waals surface area contributed by atoms with Crippen LogP contribution in [-0.2, 0) is 7.05 Å². The Bertz CT molecular complexity index is 791. The van der Waals surface area contributed by atoms with Crippen LogP contribution in [0.1, 0.15) is 0 Å². The van der Waals surface area contributed by atoms with E-state index in [1.165, 1.54) is 4.57 Å². The Morgan fingerprint density at radius 2 is 1.73 bits per heavy atom. The largest absolute Gasteiger partial charge is 0.363 e. The van der Waals surface area contributed by atoms with Crippen LogP contribution in [0, 0.1) is 10.1 Å². The van der Waals surface area contributed by atoms with E-state index >= 15 is 0 Å². The lowest BCUT2D eigenvalue weighted by Crippen LogP contribution is -2.45. The first-order valence-electron chi connectivity index (χ1n) is 7.20. The molecule has 1 saturated heterocycles. The SMILES string of the molecule is CN1CCN(c2c([N+](=O)[O-])c(=O)n(C)c3ccccc23)CC1. The summed E-state index contributed by atoms with van der Waals surface area (Å²) in [5, 5.41) is 12.3. The third-order valence-corrected chi connectivity index (χ3v) is 4.25. The van der Waals surface area contributed by atoms with Crippen molar-refractivity contribution in [2.24, 2.45) is 7.05 Å². The fourth-order valence-corrected chi connectivity index (χ4v) is 2.98. The summed E-state index contributed by atoms with van der Waals surface area (Å²) in [6.07, 6.45) is 0. The number of nitro groups is 1. The maximum atomic E-state index is 12.4. The number of para-hydroxylation sites is 1. The van der Waals surface area contributed by atoms with Crippen LogP contribution < -0.4 is 10.5 Å². The first-order chi connectivity index (χ1) is 10.5. The highest BCUT2D eigenvalue weighted by Gasteiger charge is 2.29. The molecule has 3 rings (SSSR count). The summed E-state index contributed by atoms with van der Waals surface area (Å²) < 4.78 is 1.35. The van der Waals surface area contributed by atoms with Crippen molar-refractivity contribution >= 4 is 22.3 Å². The van der Waals surface area contributed by atoms with Gasteiger partial charge in [-0.25, -0.2) is 0 Å². The summed E-state index contributed by atoms with van der Waals surface area (Å²) in [6, 6.07) is 7.34. The maximum Gasteiger partial charge on any atom is 0.357 e. The third-order valence-electron chi connectivity index (χ3n) is 4.25. The summed E-state index contributed by atoms with van der Waals surface area (Å²) in [7, 11) is 3.60. The van der Waals surface area contributed by atoms with Crippen LogP contribution in [0.5, 0.6) is 0 Å². The predicted octanol–water partition coefficient (Wildman–Crippen LogP) is 1.20. The van der Waals surface area contributed by atoms with Gasteiger partial charge in [-0.2, -0.15) is 0 Å². The number of benzene rings is 1. The number of likely N-dealkylation sites (N-methyl/N-ethyl adjacent to an activating group) is 1. The summed E-state index contributed by atoms with van der Waals surface area (Å²) in [5.74, 6) is 0. The van der Waals surface area contributed by atoms with E-state index in [4.69, 9.17) is 0 Å². The van der Waals surface area contributed by atoms with Gasteiger partial charge in [0.25, 0.3) is 0 Å². The molecule has 0 bridgehead atoms. The number of pyridine rings is 1. The van der Waals surface area contributed by atoms with E-state index in [2.05, 4.69) is 4.90 Å². The quantitative estimate of drug-likeness (QED) is 0.616. The number of nitrogens with zero attached hydrogens (tertiary/aromatic N) is 4. The van der Waals surface area contributed by atoms with Crippen molar-refractivity contribution < 1.29 is 4.92 Å². The van der Waals surface area contributed by atoms with E-state index in [1.54, 1.807) is 7.05 Å². The van der Waals surface area contributed by atoms with E-state index in [0.29, 0.717) is 24.3 Å². The van der Waals surface area contributed by atoms with E-state index in [1.807, 2.05) is 36.2 Å². The van der Waals surface area contributed by atoms with Gasteiger partial charge < -0.3 is 14.4 Å². The summed E-state index contributed by atoms with van der Waals surface area (Å²) in [4.78, 5) is 27.5. The van der Waals surface area contributed by atoms with Crippen LogP contribution in [-0.4, -0.2) is 47.6 Å². The molecule has 116 valence electrons. The molecule has 7 nitrogen and oxygen atoms in total. The Morgan fingerprint density at radius 1 is 1.09 bits per heavy atom. The van der Waals surface area contributed by atoms with Crippen molar-refractivity contribution in [3.63, 3.8) is 0 Å². The predicted molar refractivity (Wildman–Crippen MR) is 85.6 cm³/mol. The molecule has 1 fully saturated rings. The average molecular weight is 302 g/mol. The van der Waals surface area contributed by atoms with Crippen LogP contribution in [0.2, 0.25) is 0 Å². The fourth-order valence-electron chi connectivity index (χ4n) is 2.98. The molecule has 0 saturated carbocycles. The molecule has 2 aromatic rings. The summed E-state index contributed by atoms with van der Waals surface area (Å²) in [6.45, 7) is 2.99. The van der Waals surface area contributed by atoms with Gasteiger partial charge in [-0.05, 0) is 13.1 Å². The van der Waals surface area contributed by atoms with Crippen molar-refractivity contribution in [3.05, 3.63) is 44.7 Å². The molecule has 0 unspecified atom stereocenters. The zero-order valence-electron chi connectivity index (χ0n) is 12.7. The van der Waals surface area contributed by atoms with Crippen LogP contribution in [0.25, 0.3) is 10.9 Å². The highest BCUT2D eigenvalue weighted by molar-refractivity contribution is 5.96. The second-order valence-electron chi connectivity index (χ2n) is 5.63. The normalized spacial score (nSPS) is 16.2. The Kier molecular flexibility index (Phi) is 3.58. The number of piperazine rings is 1. The molecule has 1 aromatic heterocycles. The van der Waals surface area contributed by atoms with E-state index in [0.717, 1.165) is 18.5 Å². The number of aromatic nitrogens is 1. The topological polar surface area (TPSA) is 71.6 Å². The lowest BCUT2D eigenvalue weighted by Gasteiger charge is -2.34. The van der Waals surface area contributed by atoms with E-state index in [9.17, 15) is 14.9 Å². The highest BCUT2D eigenvalue weighted by Crippen LogP contribution is 2.33. The first-order valence-corrected chi connectivity index (χ1v) is 7.20. The van der Waals surface area contributed by atoms with Crippen molar-refractivity contribution in [1.29, 1.82) is 0 Å². The molecule has 1 aromatic carbocycles. The van der Waals surface area contributed by atoms with Crippen molar-refractivity contribution in [1.82, 2.24) is 9.47 Å². The molecule has 1 aliphatic rings. The lowest BCUT2D eigenvalue weighted by molar-refractivity contribution is -0.385. The molecule has 0 amide bonds. The molecule has 0 radical (unpaired) electrons. The van der Waals surface area contributed by atoms with Gasteiger partial charge in [0.1, 0.15) is 5.69 Å². The monoisotopic (exact) mass is 302 g/mol. The number of fused-ring (bicyclic) bond motifs is 1. The van der Waals surface area contributed by atoms with Crippen LogP contribution >= 0.6 is 0 Å². The summed E-state index contributed by atoms with van der Waals surface area (Å²) >= 11 is 0. The highest BCUT2D eigenvalue weighted by atomic mass is 16.6. The first kappa shape index (κ1) is 14.5. The summed E-state index contributed by atoms with van der Waals surface area (Å²) in [5.41, 5.74) is 0.284. The molecule has 7 heteroatoms. The second kappa shape index (κ2) is 5.42. The average Bonchev–Trinajstić information content (AvgIpc) is 2.51. The number of anilines is 1. The van der Waals surface area contributed by atoms with Gasteiger partial charge in [0.05, 0.1) is 10.4 Å². The Balaban J connectivity index is 2.31. The van der Waals surface area contributed by atoms with Gasteiger partial charge in [0, 0.05) is 38.6 Å². The number of aryl methyl sites for hydroxylation is 1. The Morgan fingerprint density at radius 3 is 2.36 bits per heavy atom. The maximum absolute atomic E-state index is 12.4. The van der Waals surface area contributed by atoms with Gasteiger partial charge in [0.2, 0.25) is 0 Å². The van der Waals surface area contributed by atoms with Crippen molar-refractivity contribution in [2.45, 2.75) is 0 Å². The van der Waals surface area contributed by atoms with Crippen LogP contribution in [0.15, 0.2) is 29.1 Å². The van der Waals surface area contributed by atoms with Crippen LogP contribution in [0.3, 0.4) is 0 Å². The van der Waals surface area contributed by atoms with Gasteiger partial charge in [-0.3, -0.25) is 14.9 Å². The molecule has 22 heavy (non-hydrogen) atoms. The number of hydrogen-bond acceptors (Lipinski definition) is 5. The lowest BCUT2D eigenvalue weighted by atomic mass is 10.1. The minimum atomic E-state index is -0.558. The molecular weight excluding hydrogens is 284 g/mol. The Hall–Kier alpha value is -2.41. The molecule has 2 heterocycles. The number of rotatable bonds is 2. The fraction of sp³-hybridized carbons (Fsp3) is 0.400. The molecule has 1 aliphatic heterocycles. The van der Waals surface area contributed by atoms with E-state index in [-0.39, 0.29) is 5.69 Å². The standard InChI is InChI=1S/C15H18N4O3/c1-16-7-9-18(10-8-16)13-11-5-3-4-6-12(11)17(2)15(20)14(13)19(21)22/h3-6H,7-10H2,1-2H3. The van der Waals surface area contributed by atoms with Gasteiger partial charge in [-0.1, -0.05) is 18.2 Å². The number of hydrogen-bond donors (Lipinski definition) is 0. The van der Waals surface area contributed by atoms with Crippen molar-refractivity contribution in [2.75, 3.05) is 38.1 Å². The molecule has 0 atom stereocenters. The zero-order valence-corrected chi connectivity index (χ0v) is 12.7. The van der Waals surface area contributed by atoms with E-state index < -0.39 is 10.5 Å². The van der Waals surface area contributed by atoms with Gasteiger partial charge >= 0.3 is 11.2 Å². The smallest absolute Gasteiger partial charge is 0.357 e. The third kappa shape index (κ3) is 2.23. The zero-order chi connectivity index (χ0) is 15.9. The van der Waals surface area contributed by atoms with Crippen LogP contribution in [0.4, 0.5) is 11.4 Å². The minimum Gasteiger partial charge on any atom is -0.363 e. The molecule has 0 aliphatic carbocycles. The Labute approximate surface area is 127 Å². The molecule has 0 N–H and O–H groups in total. The molecule has 0 spiro atoms. The second-order valence-corrected chi connectivity index (χ2v) is 5.63. The van der Waals surface area contributed by atoms with Gasteiger partial charge in [-0.15, -0.1) is 0 Å². The van der Waals surface area contributed by atoms with Gasteiger partial charge in [0.15, 0.2) is 0 Å².